The first-order chi connectivity index (χ1) is 13.4. The van der Waals surface area contributed by atoms with Crippen molar-refractivity contribution in [2.45, 2.75) is 44.6 Å². The molecular weight excluding hydrogens is 407 g/mol. The Morgan fingerprint density at radius 1 is 1.34 bits per heavy atom. The van der Waals surface area contributed by atoms with Crippen LogP contribution in [0.15, 0.2) is 18.2 Å². The lowest BCUT2D eigenvalue weighted by atomic mass is 9.92. The molecule has 2 aliphatic rings. The second-order valence-electron chi connectivity index (χ2n) is 8.19. The maximum Gasteiger partial charge on any atom is 0.416 e. The van der Waals surface area contributed by atoms with Crippen molar-refractivity contribution in [2.24, 2.45) is 0 Å². The Morgan fingerprint density at radius 2 is 2.07 bits per heavy atom. The molecule has 10 heteroatoms. The van der Waals surface area contributed by atoms with Gasteiger partial charge in [0, 0.05) is 18.5 Å². The number of thiazole rings is 1. The van der Waals surface area contributed by atoms with Gasteiger partial charge in [0.05, 0.1) is 22.7 Å². The van der Waals surface area contributed by atoms with Gasteiger partial charge < -0.3 is 20.1 Å². The number of amides is 1. The molecule has 0 aliphatic carbocycles. The second kappa shape index (κ2) is 6.25. The third-order valence-corrected chi connectivity index (χ3v) is 5.88. The van der Waals surface area contributed by atoms with Crippen LogP contribution in [0.1, 0.15) is 37.6 Å². The van der Waals surface area contributed by atoms with Crippen molar-refractivity contribution < 1.29 is 27.4 Å². The van der Waals surface area contributed by atoms with E-state index in [2.05, 4.69) is 4.98 Å². The molecule has 29 heavy (non-hydrogen) atoms. The predicted molar refractivity (Wildman–Crippen MR) is 102 cm³/mol. The normalized spacial score (nSPS) is 21.0. The molecule has 4 rings (SSSR count). The van der Waals surface area contributed by atoms with E-state index in [1.165, 1.54) is 22.3 Å². The highest BCUT2D eigenvalue weighted by Crippen LogP contribution is 2.52. The molecule has 0 bridgehead atoms. The van der Waals surface area contributed by atoms with E-state index in [-0.39, 0.29) is 12.3 Å². The number of likely N-dealkylation sites (tertiary alicyclic amines) is 1. The number of aromatic nitrogens is 1. The number of benzene rings is 1. The quantitative estimate of drug-likeness (QED) is 0.663. The molecule has 0 saturated carbocycles. The summed E-state index contributed by atoms with van der Waals surface area (Å²) in [5.74, 6) is 0.0867. The van der Waals surface area contributed by atoms with Gasteiger partial charge in [0.15, 0.2) is 10.7 Å². The van der Waals surface area contributed by atoms with Gasteiger partial charge in [-0.2, -0.15) is 13.2 Å². The third kappa shape index (κ3) is 3.50. The summed E-state index contributed by atoms with van der Waals surface area (Å²) < 4.78 is 51.1. The average molecular weight is 427 g/mol. The highest BCUT2D eigenvalue weighted by molar-refractivity contribution is 7.16. The minimum absolute atomic E-state index is 0.0867. The number of nitrogens with two attached hydrogens (primary N) is 1. The maximum atomic E-state index is 13.2. The van der Waals surface area contributed by atoms with Crippen LogP contribution < -0.4 is 10.5 Å². The summed E-state index contributed by atoms with van der Waals surface area (Å²) in [7, 11) is 0. The summed E-state index contributed by atoms with van der Waals surface area (Å²) >= 11 is 1.23. The smallest absolute Gasteiger partial charge is 0.416 e. The minimum Gasteiger partial charge on any atom is -0.479 e. The molecule has 2 aromatic rings. The molecule has 156 valence electrons. The monoisotopic (exact) mass is 427 g/mol. The molecule has 1 unspecified atom stereocenters. The number of carbonyl (C=O) groups is 1. The van der Waals surface area contributed by atoms with Crippen LogP contribution in [-0.4, -0.2) is 34.7 Å². The van der Waals surface area contributed by atoms with Gasteiger partial charge in [0.2, 0.25) is 0 Å². The van der Waals surface area contributed by atoms with Crippen molar-refractivity contribution in [1.29, 1.82) is 0 Å². The molecule has 1 atom stereocenters. The van der Waals surface area contributed by atoms with Crippen LogP contribution >= 0.6 is 11.3 Å². The summed E-state index contributed by atoms with van der Waals surface area (Å²) in [6, 6.07) is 3.33. The van der Waals surface area contributed by atoms with Crippen LogP contribution in [0.3, 0.4) is 0 Å². The SMILES string of the molecule is CC(C)(C)OC(=O)N1CCC2(C1)Oc1cc(C(F)(F)F)ccc1-c1nc(N)sc12. The summed E-state index contributed by atoms with van der Waals surface area (Å²) in [5.41, 5.74) is 4.41. The van der Waals surface area contributed by atoms with Crippen molar-refractivity contribution in [3.05, 3.63) is 28.6 Å². The van der Waals surface area contributed by atoms with Crippen LogP contribution in [0.25, 0.3) is 11.3 Å². The molecular formula is C19H20F3N3O3S. The Balaban J connectivity index is 1.73. The van der Waals surface area contributed by atoms with E-state index in [0.717, 1.165) is 12.1 Å². The first-order valence-electron chi connectivity index (χ1n) is 9.03. The lowest BCUT2D eigenvalue weighted by molar-refractivity contribution is -0.137. The number of hydrogen-bond donors (Lipinski definition) is 1. The van der Waals surface area contributed by atoms with Crippen LogP contribution in [-0.2, 0) is 16.5 Å². The molecule has 6 nitrogen and oxygen atoms in total. The molecule has 1 amide bonds. The number of halogens is 3. The summed E-state index contributed by atoms with van der Waals surface area (Å²) in [4.78, 5) is 19.1. The fourth-order valence-electron chi connectivity index (χ4n) is 3.60. The fraction of sp³-hybridized carbons (Fsp3) is 0.474. The predicted octanol–water partition coefficient (Wildman–Crippen LogP) is 4.64. The largest absolute Gasteiger partial charge is 0.479 e. The molecule has 1 fully saturated rings. The van der Waals surface area contributed by atoms with E-state index in [9.17, 15) is 18.0 Å². The van der Waals surface area contributed by atoms with Gasteiger partial charge in [-0.1, -0.05) is 11.3 Å². The van der Waals surface area contributed by atoms with Crippen molar-refractivity contribution in [3.8, 4) is 17.0 Å². The first kappa shape index (κ1) is 19.8. The molecule has 1 aromatic carbocycles. The standard InChI is InChI=1S/C19H20F3N3O3S/c1-17(2,3)28-16(26)25-7-6-18(9-25)14-13(24-15(23)29-14)11-5-4-10(19(20,21)22)8-12(11)27-18/h4-5,8H,6-7,9H2,1-3H3,(H2,23,24). The maximum absolute atomic E-state index is 13.2. The topological polar surface area (TPSA) is 77.7 Å². The number of nitrogens with zero attached hydrogens (tertiary/aromatic N) is 2. The zero-order valence-electron chi connectivity index (χ0n) is 16.1. The Labute approximate surface area is 169 Å². The van der Waals surface area contributed by atoms with E-state index >= 15 is 0 Å². The summed E-state index contributed by atoms with van der Waals surface area (Å²) in [6.45, 7) is 5.80. The van der Waals surface area contributed by atoms with E-state index in [0.29, 0.717) is 34.2 Å². The van der Waals surface area contributed by atoms with Gasteiger partial charge >= 0.3 is 12.3 Å². The second-order valence-corrected chi connectivity index (χ2v) is 9.22. The number of fused-ring (bicyclic) bond motifs is 4. The number of nitrogen functional groups attached to an aromatic ring is 1. The third-order valence-electron chi connectivity index (χ3n) is 4.81. The van der Waals surface area contributed by atoms with Crippen LogP contribution in [0.5, 0.6) is 5.75 Å². The van der Waals surface area contributed by atoms with E-state index in [1.54, 1.807) is 20.8 Å². The average Bonchev–Trinajstić information content (AvgIpc) is 3.17. The zero-order chi connectivity index (χ0) is 21.2. The van der Waals surface area contributed by atoms with Crippen LogP contribution in [0, 0.1) is 0 Å². The lowest BCUT2D eigenvalue weighted by Crippen LogP contribution is -2.41. The number of alkyl halides is 3. The Morgan fingerprint density at radius 3 is 2.72 bits per heavy atom. The van der Waals surface area contributed by atoms with Gasteiger partial charge in [0.25, 0.3) is 0 Å². The van der Waals surface area contributed by atoms with Crippen molar-refractivity contribution in [1.82, 2.24) is 9.88 Å². The van der Waals surface area contributed by atoms with Crippen molar-refractivity contribution in [3.63, 3.8) is 0 Å². The molecule has 1 aromatic heterocycles. The Kier molecular flexibility index (Phi) is 4.27. The first-order valence-corrected chi connectivity index (χ1v) is 9.85. The van der Waals surface area contributed by atoms with Gasteiger partial charge in [-0.25, -0.2) is 9.78 Å². The molecule has 1 saturated heterocycles. The molecule has 2 N–H and O–H groups in total. The van der Waals surface area contributed by atoms with Gasteiger partial charge in [-0.15, -0.1) is 0 Å². The Hall–Kier alpha value is -2.49. The zero-order valence-corrected chi connectivity index (χ0v) is 16.9. The van der Waals surface area contributed by atoms with E-state index < -0.39 is 29.0 Å². The fourth-order valence-corrected chi connectivity index (χ4v) is 4.59. The number of ether oxygens (including phenoxy) is 2. The number of rotatable bonds is 0. The van der Waals surface area contributed by atoms with Crippen molar-refractivity contribution >= 4 is 22.6 Å². The molecule has 3 heterocycles. The lowest BCUT2D eigenvalue weighted by Gasteiger charge is -2.35. The highest BCUT2D eigenvalue weighted by atomic mass is 32.1. The van der Waals surface area contributed by atoms with Gasteiger partial charge in [-0.05, 0) is 39.0 Å². The van der Waals surface area contributed by atoms with E-state index in [4.69, 9.17) is 15.2 Å². The molecule has 1 spiro atoms. The number of hydrogen-bond acceptors (Lipinski definition) is 6. The van der Waals surface area contributed by atoms with Gasteiger partial charge in [0.1, 0.15) is 11.4 Å². The molecule has 2 aliphatic heterocycles. The van der Waals surface area contributed by atoms with Crippen LogP contribution in [0.4, 0.5) is 23.1 Å². The highest BCUT2D eigenvalue weighted by Gasteiger charge is 2.50. The van der Waals surface area contributed by atoms with Crippen molar-refractivity contribution in [2.75, 3.05) is 18.8 Å². The minimum atomic E-state index is -4.49. The summed E-state index contributed by atoms with van der Waals surface area (Å²) in [5, 5.41) is 0.293. The molecule has 0 radical (unpaired) electrons. The van der Waals surface area contributed by atoms with Gasteiger partial charge in [-0.3, -0.25) is 0 Å². The number of carbonyl (C=O) groups excluding carboxylic acids is 1. The van der Waals surface area contributed by atoms with Crippen LogP contribution in [0.2, 0.25) is 0 Å². The summed E-state index contributed by atoms with van der Waals surface area (Å²) in [6.07, 6.45) is -4.59. The Bertz CT molecular complexity index is 983. The number of anilines is 1. The van der Waals surface area contributed by atoms with E-state index in [1.807, 2.05) is 0 Å².